The summed E-state index contributed by atoms with van der Waals surface area (Å²) in [5.74, 6) is -0.279. The number of rotatable bonds is 3. The largest absolute Gasteiger partial charge is 0.315 e. The van der Waals surface area contributed by atoms with Gasteiger partial charge in [0.05, 0.1) is 6.42 Å². The predicted molar refractivity (Wildman–Crippen MR) is 64.6 cm³/mol. The average molecular weight is 219 g/mol. The van der Waals surface area contributed by atoms with Crippen molar-refractivity contribution >= 4 is 17.4 Å². The van der Waals surface area contributed by atoms with Gasteiger partial charge < -0.3 is 4.90 Å². The Balaban J connectivity index is 2.91. The fraction of sp³-hybridized carbons (Fsp3) is 0.385. The maximum Gasteiger partial charge on any atom is 0.234 e. The second kappa shape index (κ2) is 4.92. The summed E-state index contributed by atoms with van der Waals surface area (Å²) in [6, 6.07) is 5.92. The molecule has 1 aromatic carbocycles. The Morgan fingerprint density at radius 3 is 2.06 bits per heavy atom. The highest BCUT2D eigenvalue weighted by molar-refractivity contribution is 6.04. The summed E-state index contributed by atoms with van der Waals surface area (Å²) in [6.07, 6.45) is -0.0382. The number of ketones is 1. The first-order chi connectivity index (χ1) is 7.40. The molecule has 0 radical (unpaired) electrons. The fourth-order valence-electron chi connectivity index (χ4n) is 1.62. The lowest BCUT2D eigenvalue weighted by atomic mass is 10.1. The normalized spacial score (nSPS) is 10.0. The molecule has 0 saturated heterocycles. The van der Waals surface area contributed by atoms with Crippen LogP contribution >= 0.6 is 0 Å². The van der Waals surface area contributed by atoms with E-state index >= 15 is 0 Å². The highest BCUT2D eigenvalue weighted by Gasteiger charge is 2.13. The van der Waals surface area contributed by atoms with E-state index < -0.39 is 0 Å². The highest BCUT2D eigenvalue weighted by atomic mass is 16.2. The molecule has 0 unspecified atom stereocenters. The lowest BCUT2D eigenvalue weighted by molar-refractivity contribution is -0.125. The van der Waals surface area contributed by atoms with E-state index in [2.05, 4.69) is 0 Å². The van der Waals surface area contributed by atoms with Crippen molar-refractivity contribution < 1.29 is 9.59 Å². The minimum Gasteiger partial charge on any atom is -0.315 e. The van der Waals surface area contributed by atoms with E-state index in [0.717, 1.165) is 16.8 Å². The Morgan fingerprint density at radius 2 is 1.62 bits per heavy atom. The predicted octanol–water partition coefficient (Wildman–Crippen LogP) is 2.25. The average Bonchev–Trinajstić information content (AvgIpc) is 2.13. The smallest absolute Gasteiger partial charge is 0.234 e. The van der Waals surface area contributed by atoms with Gasteiger partial charge in [-0.25, -0.2) is 0 Å². The zero-order chi connectivity index (χ0) is 12.3. The Morgan fingerprint density at radius 1 is 1.12 bits per heavy atom. The Labute approximate surface area is 96.1 Å². The molecule has 0 heterocycles. The summed E-state index contributed by atoms with van der Waals surface area (Å²) < 4.78 is 0. The van der Waals surface area contributed by atoms with Crippen LogP contribution in [0.15, 0.2) is 18.2 Å². The molecule has 86 valence electrons. The molecule has 0 aliphatic heterocycles. The minimum absolute atomic E-state index is 0.0382. The van der Waals surface area contributed by atoms with Gasteiger partial charge in [0.15, 0.2) is 0 Å². The van der Waals surface area contributed by atoms with E-state index in [0.29, 0.717) is 0 Å². The molecular weight excluding hydrogens is 202 g/mol. The second-order valence-corrected chi connectivity index (χ2v) is 4.18. The lowest BCUT2D eigenvalue weighted by Crippen LogP contribution is -2.27. The van der Waals surface area contributed by atoms with Crippen molar-refractivity contribution in [2.24, 2.45) is 0 Å². The van der Waals surface area contributed by atoms with Crippen molar-refractivity contribution in [2.75, 3.05) is 11.9 Å². The van der Waals surface area contributed by atoms with Crippen LogP contribution in [0.2, 0.25) is 0 Å². The second-order valence-electron chi connectivity index (χ2n) is 4.18. The number of nitrogens with zero attached hydrogens (tertiary/aromatic N) is 1. The van der Waals surface area contributed by atoms with Gasteiger partial charge in [-0.3, -0.25) is 9.59 Å². The quantitative estimate of drug-likeness (QED) is 0.731. The number of Topliss-reactive ketones (excluding diaryl/α,β-unsaturated/α-hetero) is 1. The molecular formula is C13H17NO2. The van der Waals surface area contributed by atoms with Crippen LogP contribution in [0.1, 0.15) is 24.5 Å². The number of aryl methyl sites for hydroxylation is 2. The molecule has 0 aliphatic carbocycles. The van der Waals surface area contributed by atoms with Crippen molar-refractivity contribution in [3.63, 3.8) is 0 Å². The van der Waals surface area contributed by atoms with E-state index in [4.69, 9.17) is 0 Å². The Bertz CT molecular complexity index is 404. The number of amides is 1. The third-order valence-electron chi connectivity index (χ3n) is 2.37. The molecule has 0 N–H and O–H groups in total. The summed E-state index contributed by atoms with van der Waals surface area (Å²) in [6.45, 7) is 5.40. The molecule has 0 atom stereocenters. The molecule has 3 heteroatoms. The van der Waals surface area contributed by atoms with Gasteiger partial charge in [0.25, 0.3) is 0 Å². The van der Waals surface area contributed by atoms with Gasteiger partial charge >= 0.3 is 0 Å². The van der Waals surface area contributed by atoms with Crippen LogP contribution in [-0.4, -0.2) is 18.7 Å². The highest BCUT2D eigenvalue weighted by Crippen LogP contribution is 2.18. The van der Waals surface area contributed by atoms with Crippen molar-refractivity contribution in [1.29, 1.82) is 0 Å². The first-order valence-corrected chi connectivity index (χ1v) is 5.24. The van der Waals surface area contributed by atoms with Crippen molar-refractivity contribution in [3.8, 4) is 0 Å². The van der Waals surface area contributed by atoms with E-state index in [1.54, 1.807) is 7.05 Å². The first kappa shape index (κ1) is 12.4. The number of hydrogen-bond donors (Lipinski definition) is 0. The van der Waals surface area contributed by atoms with Gasteiger partial charge in [-0.05, 0) is 44.0 Å². The van der Waals surface area contributed by atoms with Crippen LogP contribution < -0.4 is 4.90 Å². The van der Waals surface area contributed by atoms with Crippen LogP contribution in [0, 0.1) is 13.8 Å². The number of carbonyl (C=O) groups is 2. The maximum absolute atomic E-state index is 11.7. The van der Waals surface area contributed by atoms with Crippen LogP contribution in [0.3, 0.4) is 0 Å². The van der Waals surface area contributed by atoms with Gasteiger partial charge in [-0.1, -0.05) is 6.07 Å². The van der Waals surface area contributed by atoms with Gasteiger partial charge in [0, 0.05) is 12.7 Å². The molecule has 1 amide bonds. The Kier molecular flexibility index (Phi) is 3.82. The molecule has 0 aromatic heterocycles. The number of hydrogen-bond acceptors (Lipinski definition) is 2. The molecule has 16 heavy (non-hydrogen) atoms. The van der Waals surface area contributed by atoms with E-state index in [-0.39, 0.29) is 18.1 Å². The summed E-state index contributed by atoms with van der Waals surface area (Å²) in [7, 11) is 1.69. The summed E-state index contributed by atoms with van der Waals surface area (Å²) in [5.41, 5.74) is 3.05. The molecule has 0 saturated carbocycles. The Hall–Kier alpha value is -1.64. The zero-order valence-electron chi connectivity index (χ0n) is 10.2. The summed E-state index contributed by atoms with van der Waals surface area (Å²) >= 11 is 0. The van der Waals surface area contributed by atoms with Gasteiger partial charge in [0.1, 0.15) is 5.78 Å². The molecule has 0 fully saturated rings. The summed E-state index contributed by atoms with van der Waals surface area (Å²) in [5, 5.41) is 0. The maximum atomic E-state index is 11.7. The number of benzene rings is 1. The fourth-order valence-corrected chi connectivity index (χ4v) is 1.62. The molecule has 1 aromatic rings. The molecule has 0 aliphatic rings. The molecule has 0 bridgehead atoms. The van der Waals surface area contributed by atoms with Crippen LogP contribution in [-0.2, 0) is 9.59 Å². The van der Waals surface area contributed by atoms with Crippen molar-refractivity contribution in [2.45, 2.75) is 27.2 Å². The third-order valence-corrected chi connectivity index (χ3v) is 2.37. The SMILES string of the molecule is CC(=O)CC(=O)N(C)c1cc(C)cc(C)c1. The zero-order valence-corrected chi connectivity index (χ0v) is 10.2. The van der Waals surface area contributed by atoms with Crippen molar-refractivity contribution in [3.05, 3.63) is 29.3 Å². The molecule has 0 spiro atoms. The third kappa shape index (κ3) is 3.19. The molecule has 3 nitrogen and oxygen atoms in total. The van der Waals surface area contributed by atoms with Crippen molar-refractivity contribution in [1.82, 2.24) is 0 Å². The van der Waals surface area contributed by atoms with E-state index in [1.807, 2.05) is 32.0 Å². The number of anilines is 1. The van der Waals surface area contributed by atoms with Crippen LogP contribution in [0.5, 0.6) is 0 Å². The topological polar surface area (TPSA) is 37.4 Å². The van der Waals surface area contributed by atoms with Gasteiger partial charge in [0.2, 0.25) is 5.91 Å². The first-order valence-electron chi connectivity index (χ1n) is 5.24. The lowest BCUT2D eigenvalue weighted by Gasteiger charge is -2.18. The van der Waals surface area contributed by atoms with Crippen LogP contribution in [0.25, 0.3) is 0 Å². The summed E-state index contributed by atoms with van der Waals surface area (Å²) in [4.78, 5) is 24.1. The minimum atomic E-state index is -0.169. The van der Waals surface area contributed by atoms with Crippen LogP contribution in [0.4, 0.5) is 5.69 Å². The molecule has 1 rings (SSSR count). The van der Waals surface area contributed by atoms with E-state index in [1.165, 1.54) is 11.8 Å². The monoisotopic (exact) mass is 219 g/mol. The number of carbonyl (C=O) groups excluding carboxylic acids is 2. The van der Waals surface area contributed by atoms with Gasteiger partial charge in [-0.15, -0.1) is 0 Å². The standard InChI is InChI=1S/C13H17NO2/c1-9-5-10(2)7-12(6-9)14(4)13(16)8-11(3)15/h5-7H,8H2,1-4H3. The van der Waals surface area contributed by atoms with E-state index in [9.17, 15) is 9.59 Å². The van der Waals surface area contributed by atoms with Gasteiger partial charge in [-0.2, -0.15) is 0 Å².